The summed E-state index contributed by atoms with van der Waals surface area (Å²) in [4.78, 5) is 3.96. The number of aromatic nitrogens is 1. The quantitative estimate of drug-likeness (QED) is 0.477. The summed E-state index contributed by atoms with van der Waals surface area (Å²) in [7, 11) is 0. The Kier molecular flexibility index (Phi) is 2.40. The Labute approximate surface area is 77.8 Å². The van der Waals surface area contributed by atoms with Crippen LogP contribution in [0.3, 0.4) is 0 Å². The molecule has 1 heterocycles. The lowest BCUT2D eigenvalue weighted by Crippen LogP contribution is -2.13. The van der Waals surface area contributed by atoms with E-state index in [4.69, 9.17) is 18.0 Å². The predicted octanol–water partition coefficient (Wildman–Crippen LogP) is 2.65. The van der Waals surface area contributed by atoms with Gasteiger partial charge >= 0.3 is 0 Å². The fraction of sp³-hybridized carbons (Fsp3) is 0.300. The summed E-state index contributed by atoms with van der Waals surface area (Å²) in [5.74, 6) is 2.69. The average molecular weight is 180 g/mol. The van der Waals surface area contributed by atoms with E-state index in [0.717, 1.165) is 5.56 Å². The average Bonchev–Trinajstić information content (AvgIpc) is 2.05. The maximum absolute atomic E-state index is 5.64. The second-order valence-electron chi connectivity index (χ2n) is 3.14. The van der Waals surface area contributed by atoms with Crippen LogP contribution in [0.5, 0.6) is 0 Å². The molecule has 0 amide bonds. The van der Waals surface area contributed by atoms with Gasteiger partial charge in [-0.3, -0.25) is 0 Å². The minimum absolute atomic E-state index is 0.266. The first-order valence-electron chi connectivity index (χ1n) is 3.66. The van der Waals surface area contributed by atoms with Gasteiger partial charge in [-0.25, -0.2) is 4.98 Å². The number of halogens is 1. The van der Waals surface area contributed by atoms with Crippen LogP contribution >= 0.6 is 11.6 Å². The van der Waals surface area contributed by atoms with Crippen LogP contribution in [0, 0.1) is 12.3 Å². The zero-order valence-corrected chi connectivity index (χ0v) is 7.89. The molecule has 0 saturated carbocycles. The lowest BCUT2D eigenvalue weighted by molar-refractivity contribution is 0.695. The van der Waals surface area contributed by atoms with Gasteiger partial charge in [0.2, 0.25) is 0 Å². The van der Waals surface area contributed by atoms with Crippen LogP contribution in [0.2, 0.25) is 5.15 Å². The summed E-state index contributed by atoms with van der Waals surface area (Å²) in [6.07, 6.45) is 7.08. The first-order chi connectivity index (χ1) is 5.56. The van der Waals surface area contributed by atoms with Gasteiger partial charge in [0.25, 0.3) is 0 Å². The molecule has 12 heavy (non-hydrogen) atoms. The molecule has 1 aromatic rings. The molecule has 0 radical (unpaired) electrons. The lowest BCUT2D eigenvalue weighted by atomic mass is 9.87. The molecule has 0 aromatic carbocycles. The summed E-state index contributed by atoms with van der Waals surface area (Å²) < 4.78 is 0. The van der Waals surface area contributed by atoms with Gasteiger partial charge in [-0.15, -0.1) is 6.42 Å². The van der Waals surface area contributed by atoms with Gasteiger partial charge in [0.1, 0.15) is 5.15 Å². The van der Waals surface area contributed by atoms with Crippen LogP contribution in [0.25, 0.3) is 0 Å². The molecule has 0 aliphatic heterocycles. The number of hydrogen-bond acceptors (Lipinski definition) is 1. The molecule has 0 N–H and O–H groups in total. The van der Waals surface area contributed by atoms with Crippen molar-refractivity contribution >= 4 is 11.6 Å². The maximum Gasteiger partial charge on any atom is 0.129 e. The van der Waals surface area contributed by atoms with Crippen molar-refractivity contribution in [3.63, 3.8) is 0 Å². The normalized spacial score (nSPS) is 10.8. The van der Waals surface area contributed by atoms with E-state index in [-0.39, 0.29) is 5.41 Å². The summed E-state index contributed by atoms with van der Waals surface area (Å²) in [5.41, 5.74) is 0.742. The van der Waals surface area contributed by atoms with E-state index in [1.165, 1.54) is 0 Å². The van der Waals surface area contributed by atoms with Crippen LogP contribution in [0.15, 0.2) is 18.3 Å². The van der Waals surface area contributed by atoms with Crippen LogP contribution in [-0.2, 0) is 5.41 Å². The van der Waals surface area contributed by atoms with Gasteiger partial charge in [-0.05, 0) is 25.5 Å². The Morgan fingerprint density at radius 1 is 1.50 bits per heavy atom. The van der Waals surface area contributed by atoms with Crippen LogP contribution in [0.4, 0.5) is 0 Å². The molecule has 0 spiro atoms. The third-order valence-corrected chi connectivity index (χ3v) is 2.03. The fourth-order valence-corrected chi connectivity index (χ4v) is 0.941. The van der Waals surface area contributed by atoms with E-state index >= 15 is 0 Å². The molecule has 1 nitrogen and oxygen atoms in total. The zero-order chi connectivity index (χ0) is 9.19. The van der Waals surface area contributed by atoms with Crippen LogP contribution < -0.4 is 0 Å². The van der Waals surface area contributed by atoms with Crippen molar-refractivity contribution in [1.82, 2.24) is 4.98 Å². The van der Waals surface area contributed by atoms with Crippen molar-refractivity contribution in [1.29, 1.82) is 0 Å². The monoisotopic (exact) mass is 179 g/mol. The van der Waals surface area contributed by atoms with Crippen molar-refractivity contribution < 1.29 is 0 Å². The van der Waals surface area contributed by atoms with Crippen molar-refractivity contribution in [2.45, 2.75) is 19.3 Å². The molecule has 0 aliphatic rings. The SMILES string of the molecule is C#CC(C)(C)c1ccc(Cl)nc1. The van der Waals surface area contributed by atoms with E-state index < -0.39 is 0 Å². The van der Waals surface area contributed by atoms with E-state index in [1.807, 2.05) is 19.9 Å². The molecule has 1 aromatic heterocycles. The van der Waals surface area contributed by atoms with E-state index in [2.05, 4.69) is 10.9 Å². The summed E-state index contributed by atoms with van der Waals surface area (Å²) in [5, 5.41) is 0.492. The van der Waals surface area contributed by atoms with Crippen LogP contribution in [-0.4, -0.2) is 4.98 Å². The molecule has 0 aliphatic carbocycles. The van der Waals surface area contributed by atoms with Gasteiger partial charge in [-0.1, -0.05) is 23.6 Å². The van der Waals surface area contributed by atoms with Crippen molar-refractivity contribution in [2.24, 2.45) is 0 Å². The van der Waals surface area contributed by atoms with E-state index in [1.54, 1.807) is 12.3 Å². The second-order valence-corrected chi connectivity index (χ2v) is 3.53. The lowest BCUT2D eigenvalue weighted by Gasteiger charge is -2.16. The van der Waals surface area contributed by atoms with Crippen LogP contribution in [0.1, 0.15) is 19.4 Å². The number of terminal acetylenes is 1. The van der Waals surface area contributed by atoms with Gasteiger partial charge < -0.3 is 0 Å². The number of rotatable bonds is 1. The molecule has 0 fully saturated rings. The minimum Gasteiger partial charge on any atom is -0.244 e. The topological polar surface area (TPSA) is 12.9 Å². The van der Waals surface area contributed by atoms with E-state index in [0.29, 0.717) is 5.15 Å². The largest absolute Gasteiger partial charge is 0.244 e. The molecular formula is C10H10ClN. The molecule has 0 atom stereocenters. The third kappa shape index (κ3) is 1.78. The highest BCUT2D eigenvalue weighted by Crippen LogP contribution is 2.21. The van der Waals surface area contributed by atoms with Crippen molar-refractivity contribution in [3.8, 4) is 12.3 Å². The van der Waals surface area contributed by atoms with Crippen molar-refractivity contribution in [2.75, 3.05) is 0 Å². The Balaban J connectivity index is 3.07. The predicted molar refractivity (Wildman–Crippen MR) is 51.1 cm³/mol. The first kappa shape index (κ1) is 9.09. The third-order valence-electron chi connectivity index (χ3n) is 1.81. The Hall–Kier alpha value is -1.00. The molecule has 2 heteroatoms. The zero-order valence-electron chi connectivity index (χ0n) is 7.13. The highest BCUT2D eigenvalue weighted by atomic mass is 35.5. The standard InChI is InChI=1S/C10H10ClN/c1-4-10(2,3)8-5-6-9(11)12-7-8/h1,5-7H,2-3H3. The summed E-state index contributed by atoms with van der Waals surface area (Å²) in [6.45, 7) is 3.94. The Bertz CT molecular complexity index is 306. The molecule has 62 valence electrons. The number of nitrogens with zero attached hydrogens (tertiary/aromatic N) is 1. The second kappa shape index (κ2) is 3.16. The maximum atomic E-state index is 5.64. The number of hydrogen-bond donors (Lipinski definition) is 0. The number of pyridine rings is 1. The molecule has 0 unspecified atom stereocenters. The van der Waals surface area contributed by atoms with Gasteiger partial charge in [0.15, 0.2) is 0 Å². The molecule has 0 saturated heterocycles. The Morgan fingerprint density at radius 2 is 2.17 bits per heavy atom. The van der Waals surface area contributed by atoms with E-state index in [9.17, 15) is 0 Å². The summed E-state index contributed by atoms with van der Waals surface area (Å²) >= 11 is 5.64. The van der Waals surface area contributed by atoms with Gasteiger partial charge in [0, 0.05) is 6.20 Å². The molecule has 1 rings (SSSR count). The van der Waals surface area contributed by atoms with Crippen molar-refractivity contribution in [3.05, 3.63) is 29.0 Å². The minimum atomic E-state index is -0.266. The highest BCUT2D eigenvalue weighted by Gasteiger charge is 2.16. The first-order valence-corrected chi connectivity index (χ1v) is 4.04. The summed E-state index contributed by atoms with van der Waals surface area (Å²) in [6, 6.07) is 3.64. The fourth-order valence-electron chi connectivity index (χ4n) is 0.829. The van der Waals surface area contributed by atoms with Gasteiger partial charge in [-0.2, -0.15) is 0 Å². The molecule has 0 bridgehead atoms. The smallest absolute Gasteiger partial charge is 0.129 e. The highest BCUT2D eigenvalue weighted by molar-refractivity contribution is 6.29. The molecular weight excluding hydrogens is 170 g/mol. The van der Waals surface area contributed by atoms with Gasteiger partial charge in [0.05, 0.1) is 5.41 Å². The Morgan fingerprint density at radius 3 is 2.58 bits per heavy atom.